The third-order valence-electron chi connectivity index (χ3n) is 2.96. The second-order valence-corrected chi connectivity index (χ2v) is 4.22. The molecule has 2 aromatic carbocycles. The van der Waals surface area contributed by atoms with Crippen molar-refractivity contribution in [3.8, 4) is 11.1 Å². The van der Waals surface area contributed by atoms with Crippen LogP contribution in [0, 0.1) is 5.82 Å². The molecule has 0 aromatic heterocycles. The van der Waals surface area contributed by atoms with Crippen molar-refractivity contribution in [1.82, 2.24) is 0 Å². The van der Waals surface area contributed by atoms with Crippen LogP contribution in [0.1, 0.15) is 18.0 Å². The van der Waals surface area contributed by atoms with Crippen LogP contribution in [0.5, 0.6) is 0 Å². The quantitative estimate of drug-likeness (QED) is 0.870. The molecule has 2 aromatic rings. The van der Waals surface area contributed by atoms with Crippen LogP contribution in [0.25, 0.3) is 11.1 Å². The Hall–Kier alpha value is -1.71. The lowest BCUT2D eigenvalue weighted by atomic mass is 9.99. The van der Waals surface area contributed by atoms with Gasteiger partial charge in [0.25, 0.3) is 0 Å². The second-order valence-electron chi connectivity index (χ2n) is 4.22. The van der Waals surface area contributed by atoms with Gasteiger partial charge in [0, 0.05) is 18.2 Å². The van der Waals surface area contributed by atoms with Gasteiger partial charge >= 0.3 is 0 Å². The first kappa shape index (κ1) is 12.7. The van der Waals surface area contributed by atoms with E-state index < -0.39 is 0 Å². The molecular formula is C15H16FNO. The molecule has 94 valence electrons. The molecule has 1 unspecified atom stereocenters. The molecule has 0 radical (unpaired) electrons. The third-order valence-corrected chi connectivity index (χ3v) is 2.96. The molecule has 0 bridgehead atoms. The highest BCUT2D eigenvalue weighted by molar-refractivity contribution is 5.64. The lowest BCUT2D eigenvalue weighted by Crippen LogP contribution is -2.11. The van der Waals surface area contributed by atoms with Crippen molar-refractivity contribution in [2.24, 2.45) is 5.73 Å². The first-order valence-corrected chi connectivity index (χ1v) is 5.93. The molecule has 0 aliphatic heterocycles. The van der Waals surface area contributed by atoms with Crippen LogP contribution in [0.2, 0.25) is 0 Å². The summed E-state index contributed by atoms with van der Waals surface area (Å²) < 4.78 is 13.6. The number of aliphatic hydroxyl groups is 1. The average molecular weight is 245 g/mol. The van der Waals surface area contributed by atoms with E-state index in [0.717, 1.165) is 11.1 Å². The average Bonchev–Trinajstić information content (AvgIpc) is 2.40. The second kappa shape index (κ2) is 5.76. The Morgan fingerprint density at radius 2 is 1.72 bits per heavy atom. The molecule has 0 fully saturated rings. The van der Waals surface area contributed by atoms with E-state index in [4.69, 9.17) is 10.8 Å². The summed E-state index contributed by atoms with van der Waals surface area (Å²) in [6.07, 6.45) is 0.527. The molecular weight excluding hydrogens is 229 g/mol. The molecule has 0 heterocycles. The monoisotopic (exact) mass is 245 g/mol. The highest BCUT2D eigenvalue weighted by Gasteiger charge is 2.07. The summed E-state index contributed by atoms with van der Waals surface area (Å²) in [5.74, 6) is -0.232. The maximum atomic E-state index is 13.6. The Morgan fingerprint density at radius 3 is 2.33 bits per heavy atom. The Bertz CT molecular complexity index is 510. The Kier molecular flexibility index (Phi) is 4.07. The van der Waals surface area contributed by atoms with E-state index in [0.29, 0.717) is 12.0 Å². The topological polar surface area (TPSA) is 46.2 Å². The first-order chi connectivity index (χ1) is 8.72. The number of nitrogens with two attached hydrogens (primary N) is 1. The van der Waals surface area contributed by atoms with Gasteiger partial charge in [-0.25, -0.2) is 4.39 Å². The van der Waals surface area contributed by atoms with Gasteiger partial charge in [-0.1, -0.05) is 42.5 Å². The predicted octanol–water partition coefficient (Wildman–Crippen LogP) is 2.87. The van der Waals surface area contributed by atoms with Crippen LogP contribution >= 0.6 is 0 Å². The maximum Gasteiger partial charge on any atom is 0.131 e. The SMILES string of the molecule is NC(CCO)c1ccc(-c2ccccc2F)cc1. The molecule has 2 nitrogen and oxygen atoms in total. The number of hydrogen-bond donors (Lipinski definition) is 2. The zero-order chi connectivity index (χ0) is 13.0. The third kappa shape index (κ3) is 2.75. The van der Waals surface area contributed by atoms with Gasteiger partial charge in [-0.3, -0.25) is 0 Å². The van der Waals surface area contributed by atoms with Gasteiger partial charge in [-0.05, 0) is 23.6 Å². The Balaban J connectivity index is 2.25. The minimum atomic E-state index is -0.232. The number of hydrogen-bond acceptors (Lipinski definition) is 2. The zero-order valence-corrected chi connectivity index (χ0v) is 10.0. The van der Waals surface area contributed by atoms with E-state index in [1.807, 2.05) is 30.3 Å². The number of halogens is 1. The highest BCUT2D eigenvalue weighted by atomic mass is 19.1. The van der Waals surface area contributed by atoms with Crippen LogP contribution in [-0.4, -0.2) is 11.7 Å². The van der Waals surface area contributed by atoms with E-state index in [-0.39, 0.29) is 18.5 Å². The van der Waals surface area contributed by atoms with E-state index >= 15 is 0 Å². The van der Waals surface area contributed by atoms with Gasteiger partial charge < -0.3 is 10.8 Å². The van der Waals surface area contributed by atoms with Gasteiger partial charge in [-0.2, -0.15) is 0 Å². The molecule has 3 N–H and O–H groups in total. The fourth-order valence-electron chi connectivity index (χ4n) is 1.91. The van der Waals surface area contributed by atoms with Crippen LogP contribution in [0.3, 0.4) is 0 Å². The van der Waals surface area contributed by atoms with Crippen molar-refractivity contribution in [3.63, 3.8) is 0 Å². The van der Waals surface area contributed by atoms with E-state index in [2.05, 4.69) is 0 Å². The van der Waals surface area contributed by atoms with Crippen molar-refractivity contribution in [3.05, 3.63) is 59.9 Å². The van der Waals surface area contributed by atoms with Gasteiger partial charge in [0.05, 0.1) is 0 Å². The molecule has 0 saturated carbocycles. The van der Waals surface area contributed by atoms with Crippen LogP contribution in [-0.2, 0) is 0 Å². The number of benzene rings is 2. The van der Waals surface area contributed by atoms with Gasteiger partial charge in [0.15, 0.2) is 0 Å². The molecule has 0 aliphatic rings. The van der Waals surface area contributed by atoms with Gasteiger partial charge in [0.1, 0.15) is 5.82 Å². The van der Waals surface area contributed by atoms with Crippen LogP contribution in [0.4, 0.5) is 4.39 Å². The largest absolute Gasteiger partial charge is 0.396 e. The molecule has 0 spiro atoms. The highest BCUT2D eigenvalue weighted by Crippen LogP contribution is 2.24. The summed E-state index contributed by atoms with van der Waals surface area (Å²) in [5, 5.41) is 8.84. The Labute approximate surface area is 106 Å². The predicted molar refractivity (Wildman–Crippen MR) is 70.5 cm³/mol. The van der Waals surface area contributed by atoms with E-state index in [1.54, 1.807) is 12.1 Å². The van der Waals surface area contributed by atoms with Crippen molar-refractivity contribution < 1.29 is 9.50 Å². The maximum absolute atomic E-state index is 13.6. The summed E-state index contributed by atoms with van der Waals surface area (Å²) >= 11 is 0. The molecule has 3 heteroatoms. The van der Waals surface area contributed by atoms with Crippen molar-refractivity contribution in [2.75, 3.05) is 6.61 Å². The smallest absolute Gasteiger partial charge is 0.131 e. The number of aliphatic hydroxyl groups excluding tert-OH is 1. The molecule has 0 aliphatic carbocycles. The molecule has 1 atom stereocenters. The van der Waals surface area contributed by atoms with Crippen molar-refractivity contribution >= 4 is 0 Å². The number of rotatable bonds is 4. The Morgan fingerprint density at radius 1 is 1.06 bits per heavy atom. The summed E-state index contributed by atoms with van der Waals surface area (Å²) in [7, 11) is 0. The summed E-state index contributed by atoms with van der Waals surface area (Å²) in [6.45, 7) is 0.0657. The van der Waals surface area contributed by atoms with E-state index in [1.165, 1.54) is 6.07 Å². The van der Waals surface area contributed by atoms with E-state index in [9.17, 15) is 4.39 Å². The minimum absolute atomic E-state index is 0.0657. The molecule has 18 heavy (non-hydrogen) atoms. The molecule has 0 saturated heterocycles. The summed E-state index contributed by atoms with van der Waals surface area (Å²) in [4.78, 5) is 0. The lowest BCUT2D eigenvalue weighted by molar-refractivity contribution is 0.276. The normalized spacial score (nSPS) is 12.4. The molecule has 2 rings (SSSR count). The van der Waals surface area contributed by atoms with Gasteiger partial charge in [0.2, 0.25) is 0 Å². The standard InChI is InChI=1S/C15H16FNO/c16-14-4-2-1-3-13(14)11-5-7-12(8-6-11)15(17)9-10-18/h1-8,15,18H,9-10,17H2. The van der Waals surface area contributed by atoms with Gasteiger partial charge in [-0.15, -0.1) is 0 Å². The summed E-state index contributed by atoms with van der Waals surface area (Å²) in [6, 6.07) is 14.0. The van der Waals surface area contributed by atoms with Crippen molar-refractivity contribution in [2.45, 2.75) is 12.5 Å². The van der Waals surface area contributed by atoms with Crippen molar-refractivity contribution in [1.29, 1.82) is 0 Å². The fraction of sp³-hybridized carbons (Fsp3) is 0.200. The van der Waals surface area contributed by atoms with Crippen LogP contribution in [0.15, 0.2) is 48.5 Å². The first-order valence-electron chi connectivity index (χ1n) is 5.93. The lowest BCUT2D eigenvalue weighted by Gasteiger charge is -2.11. The summed E-state index contributed by atoms with van der Waals surface area (Å²) in [5.41, 5.74) is 8.25. The fourth-order valence-corrected chi connectivity index (χ4v) is 1.91. The van der Waals surface area contributed by atoms with Crippen LogP contribution < -0.4 is 5.73 Å². The minimum Gasteiger partial charge on any atom is -0.396 e. The molecule has 0 amide bonds. The zero-order valence-electron chi connectivity index (χ0n) is 10.0.